The number of carbonyl (C=O) groups is 1. The lowest BCUT2D eigenvalue weighted by atomic mass is 9.93. The van der Waals surface area contributed by atoms with Crippen molar-refractivity contribution in [2.75, 3.05) is 0 Å². The Hall–Kier alpha value is -3.55. The molecular formula is C29H28N2O4S. The number of carbonyl (C=O) groups excluding carboxylic acids is 1. The van der Waals surface area contributed by atoms with Crippen LogP contribution >= 0.6 is 0 Å². The molecule has 0 bridgehead atoms. The van der Waals surface area contributed by atoms with Crippen LogP contribution in [0.1, 0.15) is 47.1 Å². The van der Waals surface area contributed by atoms with Crippen molar-refractivity contribution in [3.05, 3.63) is 107 Å². The average Bonchev–Trinajstić information content (AvgIpc) is 3.56. The first-order valence-electron chi connectivity index (χ1n) is 12.0. The SMILES string of the molecule is CC(CC(=O)Cc1ccc(S(=O)(=O)Cc2ccc3c(c2)CNC3)c(-c2ncco2)c1)c1ccccc1. The van der Waals surface area contributed by atoms with Gasteiger partial charge in [0.05, 0.1) is 22.4 Å². The quantitative estimate of drug-likeness (QED) is 0.339. The van der Waals surface area contributed by atoms with Gasteiger partial charge in [0, 0.05) is 25.9 Å². The Morgan fingerprint density at radius 2 is 1.78 bits per heavy atom. The van der Waals surface area contributed by atoms with Crippen LogP contribution in [0.5, 0.6) is 0 Å². The van der Waals surface area contributed by atoms with Crippen molar-refractivity contribution in [1.82, 2.24) is 10.3 Å². The molecule has 0 saturated heterocycles. The van der Waals surface area contributed by atoms with Crippen molar-refractivity contribution in [3.8, 4) is 11.5 Å². The number of nitrogens with zero attached hydrogens (tertiary/aromatic N) is 1. The van der Waals surface area contributed by atoms with E-state index in [0.717, 1.165) is 35.3 Å². The molecule has 0 radical (unpaired) electrons. The van der Waals surface area contributed by atoms with Crippen LogP contribution in [-0.2, 0) is 39.9 Å². The fourth-order valence-corrected chi connectivity index (χ4v) is 6.29. The maximum Gasteiger partial charge on any atom is 0.227 e. The molecular weight excluding hydrogens is 472 g/mol. The summed E-state index contributed by atoms with van der Waals surface area (Å²) in [4.78, 5) is 17.2. The Balaban J connectivity index is 1.39. The van der Waals surface area contributed by atoms with Crippen LogP contribution in [0.15, 0.2) is 88.5 Å². The molecule has 184 valence electrons. The number of benzene rings is 3. The van der Waals surface area contributed by atoms with Gasteiger partial charge in [-0.15, -0.1) is 0 Å². The number of aromatic nitrogens is 1. The summed E-state index contributed by atoms with van der Waals surface area (Å²) in [5, 5.41) is 3.28. The van der Waals surface area contributed by atoms with Crippen molar-refractivity contribution in [3.63, 3.8) is 0 Å². The highest BCUT2D eigenvalue weighted by atomic mass is 32.2. The second kappa shape index (κ2) is 10.2. The summed E-state index contributed by atoms with van der Waals surface area (Å²) in [6.45, 7) is 3.59. The van der Waals surface area contributed by atoms with E-state index in [1.165, 1.54) is 18.0 Å². The Morgan fingerprint density at radius 3 is 2.56 bits per heavy atom. The Morgan fingerprint density at radius 1 is 1.00 bits per heavy atom. The summed E-state index contributed by atoms with van der Waals surface area (Å²) in [6, 6.07) is 20.8. The first kappa shape index (κ1) is 24.2. The normalized spacial score (nSPS) is 13.9. The van der Waals surface area contributed by atoms with Gasteiger partial charge in [-0.1, -0.05) is 61.5 Å². The van der Waals surface area contributed by atoms with E-state index < -0.39 is 9.84 Å². The first-order valence-corrected chi connectivity index (χ1v) is 13.7. The molecule has 0 aliphatic carbocycles. The summed E-state index contributed by atoms with van der Waals surface area (Å²) in [5.74, 6) is 0.291. The molecule has 0 spiro atoms. The molecule has 1 unspecified atom stereocenters. The van der Waals surface area contributed by atoms with E-state index in [4.69, 9.17) is 4.42 Å². The van der Waals surface area contributed by atoms with Gasteiger partial charge in [-0.05, 0) is 45.9 Å². The Kier molecular flexibility index (Phi) is 6.85. The summed E-state index contributed by atoms with van der Waals surface area (Å²) in [6.07, 6.45) is 3.52. The van der Waals surface area contributed by atoms with Crippen molar-refractivity contribution in [2.45, 2.75) is 49.4 Å². The zero-order chi connectivity index (χ0) is 25.1. The van der Waals surface area contributed by atoms with Gasteiger partial charge in [-0.25, -0.2) is 13.4 Å². The second-order valence-corrected chi connectivity index (χ2v) is 11.3. The Labute approximate surface area is 211 Å². The summed E-state index contributed by atoms with van der Waals surface area (Å²) >= 11 is 0. The van der Waals surface area contributed by atoms with Crippen molar-refractivity contribution < 1.29 is 17.6 Å². The summed E-state index contributed by atoms with van der Waals surface area (Å²) in [7, 11) is -3.69. The van der Waals surface area contributed by atoms with Crippen molar-refractivity contribution in [2.24, 2.45) is 0 Å². The van der Waals surface area contributed by atoms with Crippen LogP contribution in [0.25, 0.3) is 11.5 Å². The molecule has 1 aliphatic rings. The highest BCUT2D eigenvalue weighted by Gasteiger charge is 2.24. The molecule has 0 amide bonds. The minimum absolute atomic E-state index is 0.0899. The second-order valence-electron chi connectivity index (χ2n) is 9.36. The lowest BCUT2D eigenvalue weighted by Crippen LogP contribution is -2.10. The van der Waals surface area contributed by atoms with Crippen LogP contribution in [0.3, 0.4) is 0 Å². The molecule has 4 aromatic rings. The average molecular weight is 501 g/mol. The third-order valence-electron chi connectivity index (χ3n) is 6.60. The highest BCUT2D eigenvalue weighted by molar-refractivity contribution is 7.90. The minimum Gasteiger partial charge on any atom is -0.444 e. The molecule has 3 aromatic carbocycles. The molecule has 0 fully saturated rings. The van der Waals surface area contributed by atoms with Gasteiger partial charge < -0.3 is 9.73 Å². The largest absolute Gasteiger partial charge is 0.444 e. The van der Waals surface area contributed by atoms with Crippen molar-refractivity contribution in [1.29, 1.82) is 0 Å². The number of rotatable bonds is 9. The topological polar surface area (TPSA) is 89.3 Å². The van der Waals surface area contributed by atoms with Gasteiger partial charge in [-0.3, -0.25) is 4.79 Å². The van der Waals surface area contributed by atoms with E-state index in [0.29, 0.717) is 12.0 Å². The van der Waals surface area contributed by atoms with E-state index in [1.54, 1.807) is 18.2 Å². The molecule has 1 aliphatic heterocycles. The predicted octanol–water partition coefficient (Wildman–Crippen LogP) is 5.22. The number of oxazole rings is 1. The molecule has 2 heterocycles. The lowest BCUT2D eigenvalue weighted by Gasteiger charge is -2.13. The summed E-state index contributed by atoms with van der Waals surface area (Å²) in [5.41, 5.74) is 5.31. The van der Waals surface area contributed by atoms with E-state index in [2.05, 4.69) is 10.3 Å². The predicted molar refractivity (Wildman–Crippen MR) is 138 cm³/mol. The number of hydrogen-bond donors (Lipinski definition) is 1. The number of nitrogens with one attached hydrogen (secondary N) is 1. The Bertz CT molecular complexity index is 1480. The number of sulfone groups is 1. The van der Waals surface area contributed by atoms with Crippen LogP contribution < -0.4 is 5.32 Å². The van der Waals surface area contributed by atoms with Gasteiger partial charge in [0.2, 0.25) is 5.89 Å². The smallest absolute Gasteiger partial charge is 0.227 e. The van der Waals surface area contributed by atoms with Gasteiger partial charge in [0.1, 0.15) is 12.0 Å². The minimum atomic E-state index is -3.69. The fraction of sp³-hybridized carbons (Fsp3) is 0.241. The lowest BCUT2D eigenvalue weighted by molar-refractivity contribution is -0.118. The van der Waals surface area contributed by atoms with Crippen LogP contribution in [0, 0.1) is 0 Å². The monoisotopic (exact) mass is 500 g/mol. The van der Waals surface area contributed by atoms with E-state index >= 15 is 0 Å². The van der Waals surface area contributed by atoms with Crippen LogP contribution in [0.2, 0.25) is 0 Å². The third-order valence-corrected chi connectivity index (χ3v) is 8.34. The maximum absolute atomic E-state index is 13.5. The molecule has 1 N–H and O–H groups in total. The standard InChI is InChI=1S/C29H28N2O4S/c1-20(23-5-3-2-4-6-23)13-26(32)15-21-8-10-28(27(16-21)29-31-11-12-35-29)36(33,34)19-22-7-9-24-17-30-18-25(24)14-22/h2-12,14,16,20,30H,13,15,17-19H2,1H3. The molecule has 7 heteroatoms. The third kappa shape index (κ3) is 5.32. The number of Topliss-reactive ketones (excluding diaryl/α,β-unsaturated/α-hetero) is 1. The highest BCUT2D eigenvalue weighted by Crippen LogP contribution is 2.31. The molecule has 36 heavy (non-hydrogen) atoms. The van der Waals surface area contributed by atoms with Crippen molar-refractivity contribution >= 4 is 15.6 Å². The summed E-state index contributed by atoms with van der Waals surface area (Å²) < 4.78 is 32.5. The van der Waals surface area contributed by atoms with E-state index in [1.807, 2.05) is 55.5 Å². The van der Waals surface area contributed by atoms with Gasteiger partial charge in [0.25, 0.3) is 0 Å². The molecule has 0 saturated carbocycles. The molecule has 6 nitrogen and oxygen atoms in total. The van der Waals surface area contributed by atoms with Gasteiger partial charge in [-0.2, -0.15) is 0 Å². The van der Waals surface area contributed by atoms with E-state index in [-0.39, 0.29) is 34.7 Å². The van der Waals surface area contributed by atoms with E-state index in [9.17, 15) is 13.2 Å². The zero-order valence-corrected chi connectivity index (χ0v) is 20.9. The maximum atomic E-state index is 13.5. The number of fused-ring (bicyclic) bond motifs is 1. The first-order chi connectivity index (χ1) is 17.4. The number of ketones is 1. The fourth-order valence-electron chi connectivity index (χ4n) is 4.76. The van der Waals surface area contributed by atoms with Crippen LogP contribution in [0.4, 0.5) is 0 Å². The van der Waals surface area contributed by atoms with Crippen LogP contribution in [-0.4, -0.2) is 19.2 Å². The molecule has 1 aromatic heterocycles. The van der Waals surface area contributed by atoms with Gasteiger partial charge >= 0.3 is 0 Å². The zero-order valence-electron chi connectivity index (χ0n) is 20.1. The van der Waals surface area contributed by atoms with Gasteiger partial charge in [0.15, 0.2) is 9.84 Å². The molecule has 5 rings (SSSR count). The number of hydrogen-bond acceptors (Lipinski definition) is 6. The molecule has 1 atom stereocenters.